The van der Waals surface area contributed by atoms with Gasteiger partial charge in [0.25, 0.3) is 5.91 Å². The smallest absolute Gasteiger partial charge is 0.253 e. The van der Waals surface area contributed by atoms with Gasteiger partial charge in [-0.2, -0.15) is 0 Å². The third-order valence-electron chi connectivity index (χ3n) is 4.52. The van der Waals surface area contributed by atoms with Gasteiger partial charge in [-0.05, 0) is 36.8 Å². The molecule has 7 nitrogen and oxygen atoms in total. The van der Waals surface area contributed by atoms with Crippen LogP contribution in [0, 0.1) is 5.92 Å². The number of nitrogens with two attached hydrogens (primary N) is 1. The zero-order valence-corrected chi connectivity index (χ0v) is 16.5. The quantitative estimate of drug-likeness (QED) is 0.685. The molecule has 0 radical (unpaired) electrons. The number of anilines is 1. The molecule has 0 fully saturated rings. The van der Waals surface area contributed by atoms with Gasteiger partial charge in [-0.3, -0.25) is 9.59 Å². The van der Waals surface area contributed by atoms with E-state index in [4.69, 9.17) is 15.2 Å². The van der Waals surface area contributed by atoms with Gasteiger partial charge in [-0.1, -0.05) is 25.1 Å². The molecule has 3 rings (SSSR count). The average Bonchev–Trinajstić information content (AvgIpc) is 3.13. The molecule has 1 heterocycles. The number of benzene rings is 2. The van der Waals surface area contributed by atoms with Crippen LogP contribution in [0.3, 0.4) is 0 Å². The summed E-state index contributed by atoms with van der Waals surface area (Å²) in [7, 11) is 0. The number of carbonyl (C=O) groups excluding carboxylic acids is 2. The van der Waals surface area contributed by atoms with E-state index in [-0.39, 0.29) is 43.0 Å². The molecule has 0 aromatic heterocycles. The Morgan fingerprint density at radius 2 is 1.82 bits per heavy atom. The largest absolute Gasteiger partial charge is 0.454 e. The molecule has 2 amide bonds. The number of carbonyl (C=O) groups is 2. The number of amides is 2. The highest BCUT2D eigenvalue weighted by molar-refractivity contribution is 6.04. The Morgan fingerprint density at radius 1 is 1.11 bits per heavy atom. The van der Waals surface area contributed by atoms with Gasteiger partial charge in [0.05, 0.1) is 17.2 Å². The molecule has 28 heavy (non-hydrogen) atoms. The molecule has 1 aliphatic heterocycles. The van der Waals surface area contributed by atoms with Crippen molar-refractivity contribution < 1.29 is 19.1 Å². The Kier molecular flexibility index (Phi) is 7.25. The molecule has 2 atom stereocenters. The van der Waals surface area contributed by atoms with Gasteiger partial charge in [-0.25, -0.2) is 0 Å². The van der Waals surface area contributed by atoms with E-state index in [2.05, 4.69) is 10.6 Å². The minimum absolute atomic E-state index is 0. The first-order chi connectivity index (χ1) is 13.0. The van der Waals surface area contributed by atoms with Crippen LogP contribution in [0.15, 0.2) is 42.5 Å². The second-order valence-corrected chi connectivity index (χ2v) is 6.55. The third kappa shape index (κ3) is 4.94. The topological polar surface area (TPSA) is 103 Å². The van der Waals surface area contributed by atoms with Crippen molar-refractivity contribution in [2.24, 2.45) is 11.7 Å². The van der Waals surface area contributed by atoms with Crippen molar-refractivity contribution in [3.8, 4) is 11.5 Å². The van der Waals surface area contributed by atoms with Crippen LogP contribution in [0.4, 0.5) is 5.69 Å². The van der Waals surface area contributed by atoms with Crippen LogP contribution in [-0.2, 0) is 11.3 Å². The Bertz CT molecular complexity index is 857. The minimum Gasteiger partial charge on any atom is -0.454 e. The molecular formula is C20H24ClN3O4. The monoisotopic (exact) mass is 405 g/mol. The summed E-state index contributed by atoms with van der Waals surface area (Å²) < 4.78 is 10.6. The van der Waals surface area contributed by atoms with E-state index in [1.807, 2.05) is 18.2 Å². The Morgan fingerprint density at radius 3 is 2.57 bits per heavy atom. The first-order valence-corrected chi connectivity index (χ1v) is 8.78. The summed E-state index contributed by atoms with van der Waals surface area (Å²) in [6.07, 6.45) is 0. The molecule has 8 heteroatoms. The number of para-hydroxylation sites is 1. The highest BCUT2D eigenvalue weighted by Crippen LogP contribution is 2.32. The lowest BCUT2D eigenvalue weighted by Crippen LogP contribution is -2.35. The number of hydrogen-bond acceptors (Lipinski definition) is 5. The normalized spacial score (nSPS) is 13.8. The lowest BCUT2D eigenvalue weighted by molar-refractivity contribution is -0.119. The maximum Gasteiger partial charge on any atom is 0.253 e. The summed E-state index contributed by atoms with van der Waals surface area (Å²) in [5.74, 6) is 0.494. The van der Waals surface area contributed by atoms with E-state index < -0.39 is 0 Å². The molecule has 2 unspecified atom stereocenters. The predicted octanol–water partition coefficient (Wildman–Crippen LogP) is 2.69. The summed E-state index contributed by atoms with van der Waals surface area (Å²) in [6.45, 7) is 4.06. The van der Waals surface area contributed by atoms with E-state index in [9.17, 15) is 9.59 Å². The average molecular weight is 406 g/mol. The molecule has 1 aliphatic rings. The van der Waals surface area contributed by atoms with Gasteiger partial charge < -0.3 is 25.8 Å². The van der Waals surface area contributed by atoms with Crippen molar-refractivity contribution in [2.45, 2.75) is 26.4 Å². The fourth-order valence-electron chi connectivity index (χ4n) is 2.60. The Labute approximate surface area is 170 Å². The molecule has 2 aromatic rings. The van der Waals surface area contributed by atoms with E-state index in [0.717, 1.165) is 5.56 Å². The van der Waals surface area contributed by atoms with Crippen LogP contribution in [0.5, 0.6) is 11.5 Å². The number of rotatable bonds is 6. The van der Waals surface area contributed by atoms with E-state index in [1.54, 1.807) is 38.1 Å². The van der Waals surface area contributed by atoms with E-state index in [1.165, 1.54) is 0 Å². The molecule has 4 N–H and O–H groups in total. The zero-order valence-electron chi connectivity index (χ0n) is 15.7. The first kappa shape index (κ1) is 21.5. The van der Waals surface area contributed by atoms with E-state index in [0.29, 0.717) is 29.3 Å². The maximum absolute atomic E-state index is 12.6. The lowest BCUT2D eigenvalue weighted by atomic mass is 10.0. The van der Waals surface area contributed by atoms with Crippen LogP contribution in [-0.4, -0.2) is 24.6 Å². The van der Waals surface area contributed by atoms with Crippen molar-refractivity contribution in [3.05, 3.63) is 53.6 Å². The molecule has 150 valence electrons. The fourth-order valence-corrected chi connectivity index (χ4v) is 2.60. The summed E-state index contributed by atoms with van der Waals surface area (Å²) in [5, 5.41) is 5.65. The van der Waals surface area contributed by atoms with Crippen LogP contribution in [0.25, 0.3) is 0 Å². The Balaban J connectivity index is 0.00000280. The fraction of sp³-hybridized carbons (Fsp3) is 0.300. The summed E-state index contributed by atoms with van der Waals surface area (Å²) in [6, 6.07) is 12.1. The molecule has 0 spiro atoms. The first-order valence-electron chi connectivity index (χ1n) is 8.78. The van der Waals surface area contributed by atoms with Crippen LogP contribution in [0.2, 0.25) is 0 Å². The van der Waals surface area contributed by atoms with Crippen LogP contribution in [0.1, 0.15) is 29.8 Å². The number of halogens is 1. The SMILES string of the molecule is CC(N)C(C)C(=O)Nc1ccccc1C(=O)NCc1ccc2c(c1)OCO2.Cl. The van der Waals surface area contributed by atoms with Gasteiger partial charge in [-0.15, -0.1) is 12.4 Å². The van der Waals surface area contributed by atoms with Gasteiger partial charge in [0, 0.05) is 12.6 Å². The molecule has 0 saturated carbocycles. The summed E-state index contributed by atoms with van der Waals surface area (Å²) >= 11 is 0. The number of nitrogens with one attached hydrogen (secondary N) is 2. The third-order valence-corrected chi connectivity index (χ3v) is 4.52. The molecule has 0 saturated heterocycles. The number of hydrogen-bond donors (Lipinski definition) is 3. The van der Waals surface area contributed by atoms with Crippen molar-refractivity contribution in [3.63, 3.8) is 0 Å². The minimum atomic E-state index is -0.366. The molecule has 0 bridgehead atoms. The highest BCUT2D eigenvalue weighted by Gasteiger charge is 2.20. The molecule has 2 aromatic carbocycles. The van der Waals surface area contributed by atoms with Crippen molar-refractivity contribution in [2.75, 3.05) is 12.1 Å². The molecular weight excluding hydrogens is 382 g/mol. The highest BCUT2D eigenvalue weighted by atomic mass is 35.5. The summed E-state index contributed by atoms with van der Waals surface area (Å²) in [5.41, 5.74) is 7.52. The summed E-state index contributed by atoms with van der Waals surface area (Å²) in [4.78, 5) is 24.9. The van der Waals surface area contributed by atoms with Crippen molar-refractivity contribution in [1.29, 1.82) is 0 Å². The van der Waals surface area contributed by atoms with Crippen LogP contribution < -0.4 is 25.8 Å². The predicted molar refractivity (Wildman–Crippen MR) is 109 cm³/mol. The second kappa shape index (κ2) is 9.43. The van der Waals surface area contributed by atoms with Gasteiger partial charge >= 0.3 is 0 Å². The van der Waals surface area contributed by atoms with Crippen molar-refractivity contribution in [1.82, 2.24) is 5.32 Å². The Hall–Kier alpha value is -2.77. The van der Waals surface area contributed by atoms with E-state index >= 15 is 0 Å². The second-order valence-electron chi connectivity index (χ2n) is 6.55. The van der Waals surface area contributed by atoms with Gasteiger partial charge in [0.1, 0.15) is 0 Å². The van der Waals surface area contributed by atoms with Crippen molar-refractivity contribution >= 4 is 29.9 Å². The zero-order chi connectivity index (χ0) is 19.4. The van der Waals surface area contributed by atoms with Gasteiger partial charge in [0.2, 0.25) is 12.7 Å². The lowest BCUT2D eigenvalue weighted by Gasteiger charge is -2.17. The maximum atomic E-state index is 12.6. The van der Waals surface area contributed by atoms with Crippen LogP contribution >= 0.6 is 12.4 Å². The number of fused-ring (bicyclic) bond motifs is 1. The molecule has 0 aliphatic carbocycles. The standard InChI is InChI=1S/C20H23N3O4.ClH/c1-12(13(2)21)19(24)23-16-6-4-3-5-15(16)20(25)22-10-14-7-8-17-18(9-14)27-11-26-17;/h3-9,12-13H,10-11,21H2,1-2H3,(H,22,25)(H,23,24);1H. The number of ether oxygens (including phenoxy) is 2. The van der Waals surface area contributed by atoms with Gasteiger partial charge in [0.15, 0.2) is 11.5 Å².